The van der Waals surface area contributed by atoms with E-state index in [9.17, 15) is 0 Å². The van der Waals surface area contributed by atoms with Crippen LogP contribution in [-0.4, -0.2) is 23.4 Å². The molecule has 0 bridgehead atoms. The minimum Gasteiger partial charge on any atom is -0.508 e. The first kappa shape index (κ1) is 14.1. The highest BCUT2D eigenvalue weighted by molar-refractivity contribution is 5.44. The van der Waals surface area contributed by atoms with Crippen LogP contribution in [0.1, 0.15) is 5.56 Å². The zero-order valence-electron chi connectivity index (χ0n) is 10.5. The molecule has 2 aromatic carbocycles. The predicted octanol–water partition coefficient (Wildman–Crippen LogP) is 2.79. The van der Waals surface area contributed by atoms with E-state index in [-0.39, 0.29) is 6.61 Å². The third kappa shape index (κ3) is 5.92. The molecule has 2 rings (SSSR count). The van der Waals surface area contributed by atoms with Gasteiger partial charge in [0.2, 0.25) is 0 Å². The number of aryl methyl sites for hydroxylation is 1. The van der Waals surface area contributed by atoms with E-state index < -0.39 is 0 Å². The molecule has 0 aliphatic rings. The van der Waals surface area contributed by atoms with Gasteiger partial charge in [0.1, 0.15) is 5.75 Å². The smallest absolute Gasteiger partial charge is 0.115 e. The van der Waals surface area contributed by atoms with Crippen molar-refractivity contribution in [1.29, 1.82) is 0 Å². The molecule has 0 fully saturated rings. The Hall–Kier alpha value is -2.00. The number of benzene rings is 2. The van der Waals surface area contributed by atoms with Crippen LogP contribution in [0.5, 0.6) is 5.75 Å². The Labute approximate surface area is 108 Å². The Bertz CT molecular complexity index is 426. The van der Waals surface area contributed by atoms with E-state index in [2.05, 4.69) is 12.2 Å². The molecule has 0 amide bonds. The fourth-order valence-corrected chi connectivity index (χ4v) is 1.30. The maximum absolute atomic E-state index is 8.63. The average Bonchev–Trinajstić information content (AvgIpc) is 2.40. The van der Waals surface area contributed by atoms with Crippen LogP contribution in [0.3, 0.4) is 0 Å². The van der Waals surface area contributed by atoms with Crippen LogP contribution in [0.4, 0.5) is 5.69 Å². The van der Waals surface area contributed by atoms with Crippen LogP contribution in [-0.2, 0) is 0 Å². The summed E-state index contributed by atoms with van der Waals surface area (Å²) >= 11 is 0. The van der Waals surface area contributed by atoms with Crippen molar-refractivity contribution in [3.63, 3.8) is 0 Å². The van der Waals surface area contributed by atoms with E-state index in [0.717, 1.165) is 5.69 Å². The first-order valence-electron chi connectivity index (χ1n) is 5.88. The van der Waals surface area contributed by atoms with Crippen LogP contribution in [0.15, 0.2) is 54.6 Å². The average molecular weight is 245 g/mol. The Morgan fingerprint density at radius 2 is 1.56 bits per heavy atom. The molecule has 18 heavy (non-hydrogen) atoms. The van der Waals surface area contributed by atoms with Crippen LogP contribution >= 0.6 is 0 Å². The van der Waals surface area contributed by atoms with Gasteiger partial charge in [-0.3, -0.25) is 0 Å². The molecule has 3 N–H and O–H groups in total. The van der Waals surface area contributed by atoms with Crippen LogP contribution in [0.2, 0.25) is 0 Å². The van der Waals surface area contributed by atoms with E-state index in [4.69, 9.17) is 10.2 Å². The molecule has 96 valence electrons. The SMILES string of the molecule is Cc1ccc(NCCO)cc1.Oc1ccccc1. The molecule has 0 unspecified atom stereocenters. The normalized spacial score (nSPS) is 9.22. The summed E-state index contributed by atoms with van der Waals surface area (Å²) in [4.78, 5) is 0. The lowest BCUT2D eigenvalue weighted by Gasteiger charge is -2.03. The maximum Gasteiger partial charge on any atom is 0.115 e. The second kappa shape index (κ2) is 8.14. The number of anilines is 1. The second-order valence-corrected chi connectivity index (χ2v) is 3.85. The summed E-state index contributed by atoms with van der Waals surface area (Å²) in [7, 11) is 0. The number of aliphatic hydroxyl groups excluding tert-OH is 1. The molecular weight excluding hydrogens is 226 g/mol. The summed E-state index contributed by atoms with van der Waals surface area (Å²) in [6.45, 7) is 2.84. The minimum absolute atomic E-state index is 0.174. The number of nitrogens with one attached hydrogen (secondary N) is 1. The number of rotatable bonds is 3. The van der Waals surface area contributed by atoms with E-state index >= 15 is 0 Å². The van der Waals surface area contributed by atoms with E-state index in [0.29, 0.717) is 12.3 Å². The van der Waals surface area contributed by atoms with E-state index in [1.165, 1.54) is 5.56 Å². The van der Waals surface area contributed by atoms with Crippen molar-refractivity contribution in [3.05, 3.63) is 60.2 Å². The van der Waals surface area contributed by atoms with Crippen LogP contribution in [0, 0.1) is 6.92 Å². The highest BCUT2D eigenvalue weighted by Crippen LogP contribution is 2.07. The highest BCUT2D eigenvalue weighted by atomic mass is 16.3. The molecule has 0 saturated carbocycles. The summed E-state index contributed by atoms with van der Waals surface area (Å²) in [5, 5.41) is 20.2. The molecule has 0 aliphatic heterocycles. The Morgan fingerprint density at radius 3 is 2.00 bits per heavy atom. The summed E-state index contributed by atoms with van der Waals surface area (Å²) in [5.74, 6) is 0.322. The third-order valence-electron chi connectivity index (χ3n) is 2.25. The molecule has 0 radical (unpaired) electrons. The van der Waals surface area contributed by atoms with Gasteiger partial charge in [-0.25, -0.2) is 0 Å². The number of hydrogen-bond acceptors (Lipinski definition) is 3. The molecular formula is C15H19NO2. The fraction of sp³-hybridized carbons (Fsp3) is 0.200. The van der Waals surface area contributed by atoms with Crippen LogP contribution < -0.4 is 5.32 Å². The predicted molar refractivity (Wildman–Crippen MR) is 74.9 cm³/mol. The lowest BCUT2D eigenvalue weighted by atomic mass is 10.2. The topological polar surface area (TPSA) is 52.5 Å². The van der Waals surface area contributed by atoms with Gasteiger partial charge in [-0.2, -0.15) is 0 Å². The Balaban J connectivity index is 0.000000199. The van der Waals surface area contributed by atoms with Gasteiger partial charge < -0.3 is 15.5 Å². The van der Waals surface area contributed by atoms with Crippen molar-refractivity contribution >= 4 is 5.69 Å². The molecule has 0 saturated heterocycles. The number of aromatic hydroxyl groups is 1. The first-order chi connectivity index (χ1) is 8.72. The summed E-state index contributed by atoms with van der Waals surface area (Å²) in [5.41, 5.74) is 2.31. The quantitative estimate of drug-likeness (QED) is 0.779. The van der Waals surface area contributed by atoms with Gasteiger partial charge in [0, 0.05) is 12.2 Å². The maximum atomic E-state index is 8.63. The molecule has 0 aromatic heterocycles. The Morgan fingerprint density at radius 1 is 0.944 bits per heavy atom. The Kier molecular flexibility index (Phi) is 6.36. The number of phenolic OH excluding ortho intramolecular Hbond substituents is 1. The van der Waals surface area contributed by atoms with Gasteiger partial charge >= 0.3 is 0 Å². The number of para-hydroxylation sites is 1. The van der Waals surface area contributed by atoms with Crippen molar-refractivity contribution in [3.8, 4) is 5.75 Å². The van der Waals surface area contributed by atoms with Crippen molar-refractivity contribution in [2.24, 2.45) is 0 Å². The van der Waals surface area contributed by atoms with Crippen LogP contribution in [0.25, 0.3) is 0 Å². The molecule has 0 aliphatic carbocycles. The lowest BCUT2D eigenvalue weighted by molar-refractivity contribution is 0.311. The molecule has 0 atom stereocenters. The van der Waals surface area contributed by atoms with Crippen molar-refractivity contribution < 1.29 is 10.2 Å². The minimum atomic E-state index is 0.174. The molecule has 3 nitrogen and oxygen atoms in total. The van der Waals surface area contributed by atoms with Gasteiger partial charge in [-0.15, -0.1) is 0 Å². The fourth-order valence-electron chi connectivity index (χ4n) is 1.30. The molecule has 0 spiro atoms. The summed E-state index contributed by atoms with van der Waals surface area (Å²) in [6.07, 6.45) is 0. The summed E-state index contributed by atoms with van der Waals surface area (Å²) < 4.78 is 0. The molecule has 3 heteroatoms. The zero-order valence-corrected chi connectivity index (χ0v) is 10.5. The van der Waals surface area contributed by atoms with Gasteiger partial charge in [-0.1, -0.05) is 35.9 Å². The van der Waals surface area contributed by atoms with E-state index in [1.807, 2.05) is 30.3 Å². The highest BCUT2D eigenvalue weighted by Gasteiger charge is 1.88. The van der Waals surface area contributed by atoms with Gasteiger partial charge in [0.05, 0.1) is 6.61 Å². The van der Waals surface area contributed by atoms with Crippen molar-refractivity contribution in [1.82, 2.24) is 0 Å². The lowest BCUT2D eigenvalue weighted by Crippen LogP contribution is -2.04. The first-order valence-corrected chi connectivity index (χ1v) is 5.88. The number of hydrogen-bond donors (Lipinski definition) is 3. The summed E-state index contributed by atoms with van der Waals surface area (Å²) in [6, 6.07) is 16.8. The zero-order chi connectivity index (χ0) is 13.2. The largest absolute Gasteiger partial charge is 0.508 e. The third-order valence-corrected chi connectivity index (χ3v) is 2.25. The standard InChI is InChI=1S/C9H13NO.C6H6O/c1-8-2-4-9(5-3-8)10-6-7-11;7-6-4-2-1-3-5-6/h2-5,10-11H,6-7H2,1H3;1-5,7H. The van der Waals surface area contributed by atoms with E-state index in [1.54, 1.807) is 24.3 Å². The molecule has 0 heterocycles. The van der Waals surface area contributed by atoms with Gasteiger partial charge in [0.15, 0.2) is 0 Å². The van der Waals surface area contributed by atoms with Gasteiger partial charge in [0.25, 0.3) is 0 Å². The van der Waals surface area contributed by atoms with Crippen molar-refractivity contribution in [2.45, 2.75) is 6.92 Å². The van der Waals surface area contributed by atoms with Gasteiger partial charge in [-0.05, 0) is 31.2 Å². The second-order valence-electron chi connectivity index (χ2n) is 3.85. The number of phenols is 1. The van der Waals surface area contributed by atoms with Crippen molar-refractivity contribution in [2.75, 3.05) is 18.5 Å². The number of aliphatic hydroxyl groups is 1. The monoisotopic (exact) mass is 245 g/mol. The molecule has 2 aromatic rings.